The second kappa shape index (κ2) is 10.5. The summed E-state index contributed by atoms with van der Waals surface area (Å²) in [5.74, 6) is 0.0794. The van der Waals surface area contributed by atoms with Crippen molar-refractivity contribution in [3.8, 4) is 5.75 Å². The second-order valence-electron chi connectivity index (χ2n) is 6.65. The van der Waals surface area contributed by atoms with E-state index in [9.17, 15) is 13.2 Å². The smallest absolute Gasteiger partial charge is 0.240 e. The average Bonchev–Trinajstić information content (AvgIpc) is 3.13. The van der Waals surface area contributed by atoms with E-state index in [4.69, 9.17) is 9.47 Å². The van der Waals surface area contributed by atoms with Gasteiger partial charge in [0.05, 0.1) is 24.7 Å². The summed E-state index contributed by atoms with van der Waals surface area (Å²) in [5, 5.41) is 2.77. The maximum atomic E-state index is 12.3. The zero-order valence-corrected chi connectivity index (χ0v) is 17.0. The number of amides is 1. The molecule has 0 atom stereocenters. The van der Waals surface area contributed by atoms with Gasteiger partial charge in [0.15, 0.2) is 0 Å². The molecule has 0 radical (unpaired) electrons. The monoisotopic (exact) mass is 398 g/mol. The van der Waals surface area contributed by atoms with Crippen LogP contribution in [0.1, 0.15) is 39.0 Å². The Morgan fingerprint density at radius 1 is 1.26 bits per heavy atom. The van der Waals surface area contributed by atoms with Crippen LogP contribution < -0.4 is 14.4 Å². The third-order valence-electron chi connectivity index (χ3n) is 4.42. The van der Waals surface area contributed by atoms with Crippen LogP contribution in [0.15, 0.2) is 24.3 Å². The van der Waals surface area contributed by atoms with Gasteiger partial charge in [-0.2, -0.15) is 0 Å². The van der Waals surface area contributed by atoms with Crippen LogP contribution in [0.25, 0.3) is 0 Å². The molecule has 1 N–H and O–H groups in total. The van der Waals surface area contributed by atoms with Gasteiger partial charge in [0, 0.05) is 13.2 Å². The maximum Gasteiger partial charge on any atom is 0.240 e. The van der Waals surface area contributed by atoms with Gasteiger partial charge >= 0.3 is 0 Å². The van der Waals surface area contributed by atoms with E-state index < -0.39 is 10.0 Å². The number of carbonyl (C=O) groups is 1. The largest absolute Gasteiger partial charge is 0.492 e. The fourth-order valence-electron chi connectivity index (χ4n) is 3.11. The van der Waals surface area contributed by atoms with Crippen LogP contribution in [0.2, 0.25) is 0 Å². The van der Waals surface area contributed by atoms with E-state index in [0.717, 1.165) is 23.4 Å². The van der Waals surface area contributed by atoms with Gasteiger partial charge in [-0.15, -0.1) is 0 Å². The molecule has 1 aromatic rings. The molecule has 2 rings (SSSR count). The molecule has 1 amide bonds. The Morgan fingerprint density at radius 2 is 1.96 bits per heavy atom. The number of benzene rings is 1. The number of hydrogen-bond donors (Lipinski definition) is 1. The highest BCUT2D eigenvalue weighted by Gasteiger charge is 2.23. The summed E-state index contributed by atoms with van der Waals surface area (Å²) in [6.45, 7) is 3.00. The lowest BCUT2D eigenvalue weighted by molar-refractivity contribution is -0.119. The van der Waals surface area contributed by atoms with Crippen molar-refractivity contribution in [2.75, 3.05) is 36.9 Å². The third kappa shape index (κ3) is 7.03. The SMILES string of the molecule is CCOc1ccccc1N(CC(=O)NCCCOC1CCCC1)S(C)(=O)=O. The molecule has 7 nitrogen and oxygen atoms in total. The fourth-order valence-corrected chi connectivity index (χ4v) is 3.97. The maximum absolute atomic E-state index is 12.3. The van der Waals surface area contributed by atoms with Crippen molar-refractivity contribution in [2.24, 2.45) is 0 Å². The summed E-state index contributed by atoms with van der Waals surface area (Å²) in [6.07, 6.45) is 6.84. The molecule has 1 fully saturated rings. The fraction of sp³-hybridized carbons (Fsp3) is 0.632. The van der Waals surface area contributed by atoms with Gasteiger partial charge in [-0.1, -0.05) is 25.0 Å². The molecule has 8 heteroatoms. The van der Waals surface area contributed by atoms with Crippen LogP contribution >= 0.6 is 0 Å². The summed E-state index contributed by atoms with van der Waals surface area (Å²) in [5.41, 5.74) is 0.363. The molecule has 1 saturated carbocycles. The number of rotatable bonds is 11. The molecule has 27 heavy (non-hydrogen) atoms. The number of nitrogens with zero attached hydrogens (tertiary/aromatic N) is 1. The number of nitrogens with one attached hydrogen (secondary N) is 1. The van der Waals surface area contributed by atoms with Gasteiger partial charge in [0.1, 0.15) is 12.3 Å². The van der Waals surface area contributed by atoms with Gasteiger partial charge in [0.2, 0.25) is 15.9 Å². The van der Waals surface area contributed by atoms with Crippen molar-refractivity contribution in [1.82, 2.24) is 5.32 Å². The molecule has 1 aliphatic carbocycles. The molecular formula is C19H30N2O5S. The van der Waals surface area contributed by atoms with Crippen LogP contribution in [0.5, 0.6) is 5.75 Å². The Balaban J connectivity index is 1.87. The topological polar surface area (TPSA) is 84.9 Å². The third-order valence-corrected chi connectivity index (χ3v) is 5.55. The van der Waals surface area contributed by atoms with Crippen molar-refractivity contribution in [3.63, 3.8) is 0 Å². The molecule has 1 aliphatic rings. The normalized spacial score (nSPS) is 14.9. The van der Waals surface area contributed by atoms with E-state index in [0.29, 0.717) is 43.7 Å². The molecule has 0 bridgehead atoms. The molecule has 0 spiro atoms. The van der Waals surface area contributed by atoms with Gasteiger partial charge in [-0.25, -0.2) is 8.42 Å². The van der Waals surface area contributed by atoms with E-state index in [-0.39, 0.29) is 12.5 Å². The minimum absolute atomic E-state index is 0.285. The van der Waals surface area contributed by atoms with Crippen LogP contribution in [0, 0.1) is 0 Å². The predicted octanol–water partition coefficient (Wildman–Crippen LogP) is 2.32. The first-order chi connectivity index (χ1) is 12.9. The van der Waals surface area contributed by atoms with Crippen molar-refractivity contribution in [3.05, 3.63) is 24.3 Å². The van der Waals surface area contributed by atoms with Gasteiger partial charge < -0.3 is 14.8 Å². The highest BCUT2D eigenvalue weighted by molar-refractivity contribution is 7.92. The Kier molecular flexibility index (Phi) is 8.37. The molecule has 0 aliphatic heterocycles. The Bertz CT molecular complexity index is 702. The van der Waals surface area contributed by atoms with E-state index >= 15 is 0 Å². The van der Waals surface area contributed by atoms with Crippen LogP contribution in [-0.2, 0) is 19.6 Å². The van der Waals surface area contributed by atoms with Crippen molar-refractivity contribution in [1.29, 1.82) is 0 Å². The van der Waals surface area contributed by atoms with Crippen molar-refractivity contribution in [2.45, 2.75) is 45.1 Å². The Morgan fingerprint density at radius 3 is 2.63 bits per heavy atom. The van der Waals surface area contributed by atoms with E-state index in [1.54, 1.807) is 24.3 Å². The molecule has 0 aromatic heterocycles. The van der Waals surface area contributed by atoms with Gasteiger partial charge in [0.25, 0.3) is 0 Å². The highest BCUT2D eigenvalue weighted by Crippen LogP contribution is 2.29. The van der Waals surface area contributed by atoms with Crippen molar-refractivity contribution < 1.29 is 22.7 Å². The van der Waals surface area contributed by atoms with E-state index in [1.807, 2.05) is 6.92 Å². The number of hydrogen-bond acceptors (Lipinski definition) is 5. The molecule has 0 unspecified atom stereocenters. The molecule has 0 heterocycles. The zero-order valence-electron chi connectivity index (χ0n) is 16.1. The first kappa shape index (κ1) is 21.5. The van der Waals surface area contributed by atoms with Crippen LogP contribution in [0.4, 0.5) is 5.69 Å². The van der Waals surface area contributed by atoms with Crippen LogP contribution in [0.3, 0.4) is 0 Å². The lowest BCUT2D eigenvalue weighted by atomic mass is 10.3. The number of anilines is 1. The van der Waals surface area contributed by atoms with E-state index in [1.165, 1.54) is 12.8 Å². The predicted molar refractivity (Wildman–Crippen MR) is 106 cm³/mol. The number of carbonyl (C=O) groups excluding carboxylic acids is 1. The molecule has 1 aromatic carbocycles. The highest BCUT2D eigenvalue weighted by atomic mass is 32.2. The van der Waals surface area contributed by atoms with Crippen molar-refractivity contribution >= 4 is 21.6 Å². The number of sulfonamides is 1. The molecule has 152 valence electrons. The van der Waals surface area contributed by atoms with Gasteiger partial charge in [-0.05, 0) is 38.3 Å². The summed E-state index contributed by atoms with van der Waals surface area (Å²) in [4.78, 5) is 12.3. The summed E-state index contributed by atoms with van der Waals surface area (Å²) in [6, 6.07) is 6.80. The summed E-state index contributed by atoms with van der Waals surface area (Å²) in [7, 11) is -3.63. The van der Waals surface area contributed by atoms with E-state index in [2.05, 4.69) is 5.32 Å². The summed E-state index contributed by atoms with van der Waals surface area (Å²) >= 11 is 0. The summed E-state index contributed by atoms with van der Waals surface area (Å²) < 4.78 is 36.8. The number of ether oxygens (including phenoxy) is 2. The van der Waals surface area contributed by atoms with Crippen LogP contribution in [-0.4, -0.2) is 53.0 Å². The lowest BCUT2D eigenvalue weighted by Crippen LogP contribution is -2.41. The van der Waals surface area contributed by atoms with Gasteiger partial charge in [-0.3, -0.25) is 9.10 Å². The standard InChI is InChI=1S/C19H30N2O5S/c1-3-25-18-12-7-6-11-17(18)21(27(2,23)24)15-19(22)20-13-8-14-26-16-9-4-5-10-16/h6-7,11-12,16H,3-5,8-10,13-15H2,1-2H3,(H,20,22). The lowest BCUT2D eigenvalue weighted by Gasteiger charge is -2.24. The zero-order chi connectivity index (χ0) is 19.7. The quantitative estimate of drug-likeness (QED) is 0.578. The molecular weight excluding hydrogens is 368 g/mol. The Hall–Kier alpha value is -1.80. The first-order valence-corrected chi connectivity index (χ1v) is 11.3. The first-order valence-electron chi connectivity index (χ1n) is 9.49. The molecule has 0 saturated heterocycles. The minimum atomic E-state index is -3.63. The minimum Gasteiger partial charge on any atom is -0.492 e. The number of para-hydroxylation sites is 2. The second-order valence-corrected chi connectivity index (χ2v) is 8.56. The average molecular weight is 399 g/mol. The Labute approximate surface area is 162 Å².